The maximum atomic E-state index is 13.3. The average molecular weight is 519 g/mol. The second-order valence-corrected chi connectivity index (χ2v) is 10.7. The van der Waals surface area contributed by atoms with Gasteiger partial charge in [-0.3, -0.25) is 24.5 Å². The Morgan fingerprint density at radius 3 is 2.68 bits per heavy atom. The molecule has 0 spiro atoms. The Balaban J connectivity index is 1.15. The number of aromatic nitrogens is 1. The number of H-pyrrole nitrogens is 1. The first-order chi connectivity index (χ1) is 17.8. The molecule has 8 nitrogen and oxygen atoms in total. The maximum absolute atomic E-state index is 13.3. The van der Waals surface area contributed by atoms with E-state index in [9.17, 15) is 19.2 Å². The number of carbonyl (C=O) groups excluding carboxylic acids is 4. The molecule has 190 valence electrons. The van der Waals surface area contributed by atoms with Gasteiger partial charge in [0.25, 0.3) is 11.8 Å². The first kappa shape index (κ1) is 23.7. The van der Waals surface area contributed by atoms with Gasteiger partial charge in [-0.25, -0.2) is 0 Å². The summed E-state index contributed by atoms with van der Waals surface area (Å²) in [4.78, 5) is 56.8. The van der Waals surface area contributed by atoms with Crippen LogP contribution in [0, 0.1) is 0 Å². The van der Waals surface area contributed by atoms with E-state index in [2.05, 4.69) is 23.3 Å². The highest BCUT2D eigenvalue weighted by atomic mass is 35.5. The fourth-order valence-corrected chi connectivity index (χ4v) is 6.17. The Morgan fingerprint density at radius 2 is 1.89 bits per heavy atom. The molecule has 2 saturated heterocycles. The largest absolute Gasteiger partial charge is 0.350 e. The third-order valence-corrected chi connectivity index (χ3v) is 8.21. The number of hydrogen-bond donors (Lipinski definition) is 2. The molecule has 2 aromatic carbocycles. The molecule has 2 N–H and O–H groups in total. The quantitative estimate of drug-likeness (QED) is 0.512. The van der Waals surface area contributed by atoms with Gasteiger partial charge in [0, 0.05) is 47.0 Å². The number of nitrogens with zero attached hydrogens (tertiary/aromatic N) is 2. The topological polar surface area (TPSA) is 103 Å². The number of nitrogens with one attached hydrogen (secondary N) is 2. The van der Waals surface area contributed by atoms with E-state index in [0.717, 1.165) is 34.9 Å². The summed E-state index contributed by atoms with van der Waals surface area (Å²) in [6, 6.07) is 12.8. The Labute approximate surface area is 218 Å². The Hall–Kier alpha value is -3.65. The van der Waals surface area contributed by atoms with Crippen molar-refractivity contribution in [2.45, 2.75) is 57.2 Å². The van der Waals surface area contributed by atoms with Crippen LogP contribution in [0.3, 0.4) is 0 Å². The van der Waals surface area contributed by atoms with E-state index in [1.807, 2.05) is 41.3 Å². The van der Waals surface area contributed by atoms with E-state index in [-0.39, 0.29) is 36.1 Å². The summed E-state index contributed by atoms with van der Waals surface area (Å²) < 4.78 is 0. The molecular weight excluding hydrogens is 492 g/mol. The zero-order valence-electron chi connectivity index (χ0n) is 20.4. The summed E-state index contributed by atoms with van der Waals surface area (Å²) in [6.45, 7) is 3.08. The van der Waals surface area contributed by atoms with Crippen molar-refractivity contribution in [3.05, 3.63) is 69.9 Å². The second-order valence-electron chi connectivity index (χ2n) is 10.3. The molecule has 4 amide bonds. The fourth-order valence-electron chi connectivity index (χ4n) is 5.99. The lowest BCUT2D eigenvalue weighted by atomic mass is 9.84. The first-order valence-corrected chi connectivity index (χ1v) is 13.0. The summed E-state index contributed by atoms with van der Waals surface area (Å²) in [5.74, 6) is -0.602. The van der Waals surface area contributed by atoms with Gasteiger partial charge in [-0.15, -0.1) is 0 Å². The number of aromatic amines is 1. The molecule has 37 heavy (non-hydrogen) atoms. The summed E-state index contributed by atoms with van der Waals surface area (Å²) in [7, 11) is 0. The van der Waals surface area contributed by atoms with Crippen LogP contribution in [-0.2, 0) is 16.1 Å². The number of rotatable bonds is 3. The maximum Gasteiger partial charge on any atom is 0.270 e. The highest BCUT2D eigenvalue weighted by Crippen LogP contribution is 2.36. The van der Waals surface area contributed by atoms with Gasteiger partial charge in [-0.05, 0) is 67.5 Å². The number of amides is 4. The van der Waals surface area contributed by atoms with E-state index in [0.29, 0.717) is 35.8 Å². The van der Waals surface area contributed by atoms with E-state index < -0.39 is 11.9 Å². The van der Waals surface area contributed by atoms with Crippen molar-refractivity contribution in [3.63, 3.8) is 0 Å². The minimum absolute atomic E-state index is 0.0160. The molecule has 0 radical (unpaired) electrons. The molecule has 3 aromatic rings. The molecule has 0 saturated carbocycles. The SMILES string of the molecule is CC1CC(c2ccc3c(c2)CN(C2CCC(=O)NC2=O)C3=O)CCN1C(=O)c1cc2ccc(Cl)cc2[nH]1. The molecule has 3 aliphatic rings. The lowest BCUT2D eigenvalue weighted by Crippen LogP contribution is -2.52. The highest BCUT2D eigenvalue weighted by molar-refractivity contribution is 6.31. The minimum Gasteiger partial charge on any atom is -0.350 e. The van der Waals surface area contributed by atoms with E-state index in [4.69, 9.17) is 11.6 Å². The smallest absolute Gasteiger partial charge is 0.270 e. The van der Waals surface area contributed by atoms with Crippen LogP contribution in [0.1, 0.15) is 70.5 Å². The van der Waals surface area contributed by atoms with Gasteiger partial charge in [0.05, 0.1) is 0 Å². The van der Waals surface area contributed by atoms with Gasteiger partial charge in [0.1, 0.15) is 11.7 Å². The second kappa shape index (κ2) is 9.03. The van der Waals surface area contributed by atoms with Gasteiger partial charge in [-0.2, -0.15) is 0 Å². The van der Waals surface area contributed by atoms with Gasteiger partial charge >= 0.3 is 0 Å². The molecule has 3 atom stereocenters. The van der Waals surface area contributed by atoms with Crippen LogP contribution < -0.4 is 5.32 Å². The summed E-state index contributed by atoms with van der Waals surface area (Å²) in [5, 5.41) is 3.92. The molecule has 1 aromatic heterocycles. The Kier molecular flexibility index (Phi) is 5.79. The van der Waals surface area contributed by atoms with Crippen LogP contribution in [0.5, 0.6) is 0 Å². The molecule has 6 rings (SSSR count). The molecule has 3 unspecified atom stereocenters. The number of benzene rings is 2. The van der Waals surface area contributed by atoms with Crippen molar-refractivity contribution in [2.75, 3.05) is 6.54 Å². The third-order valence-electron chi connectivity index (χ3n) is 7.97. The number of halogens is 1. The molecule has 9 heteroatoms. The van der Waals surface area contributed by atoms with Gasteiger partial charge in [-0.1, -0.05) is 29.8 Å². The van der Waals surface area contributed by atoms with E-state index in [1.165, 1.54) is 0 Å². The predicted octanol–water partition coefficient (Wildman–Crippen LogP) is 3.99. The summed E-state index contributed by atoms with van der Waals surface area (Å²) >= 11 is 6.09. The van der Waals surface area contributed by atoms with E-state index in [1.54, 1.807) is 4.90 Å². The summed E-state index contributed by atoms with van der Waals surface area (Å²) in [5.41, 5.74) is 4.09. The molecule has 4 heterocycles. The number of imide groups is 1. The van der Waals surface area contributed by atoms with Crippen LogP contribution in [0.15, 0.2) is 42.5 Å². The van der Waals surface area contributed by atoms with Crippen LogP contribution >= 0.6 is 11.6 Å². The van der Waals surface area contributed by atoms with Crippen molar-refractivity contribution >= 4 is 46.1 Å². The first-order valence-electron chi connectivity index (χ1n) is 12.6. The minimum atomic E-state index is -0.615. The lowest BCUT2D eigenvalue weighted by Gasteiger charge is -2.38. The normalized spacial score (nSPS) is 23.9. The zero-order chi connectivity index (χ0) is 25.8. The standard InChI is InChI=1S/C28H27ClN4O4/c1-15-10-17(8-9-32(15)28(37)23-12-18-2-4-20(29)13-22(18)30-23)16-3-5-21-19(11-16)14-33(27(21)36)24-6-7-25(34)31-26(24)35/h2-5,11-13,15,17,24,30H,6-10,14H2,1H3,(H,31,34,35). The van der Waals surface area contributed by atoms with Crippen molar-refractivity contribution in [1.82, 2.24) is 20.1 Å². The predicted molar refractivity (Wildman–Crippen MR) is 138 cm³/mol. The number of piperidine rings is 2. The van der Waals surface area contributed by atoms with Gasteiger partial charge in [0.15, 0.2) is 0 Å². The van der Waals surface area contributed by atoms with Crippen LogP contribution in [0.25, 0.3) is 10.9 Å². The Bertz CT molecular complexity index is 1460. The van der Waals surface area contributed by atoms with Crippen LogP contribution in [-0.4, -0.2) is 57.0 Å². The van der Waals surface area contributed by atoms with Crippen molar-refractivity contribution in [3.8, 4) is 0 Å². The average Bonchev–Trinajstić information content (AvgIpc) is 3.44. The molecule has 0 bridgehead atoms. The Morgan fingerprint density at radius 1 is 1.05 bits per heavy atom. The number of carbonyl (C=O) groups is 4. The molecular formula is C28H27ClN4O4. The van der Waals surface area contributed by atoms with E-state index >= 15 is 0 Å². The van der Waals surface area contributed by atoms with Crippen LogP contribution in [0.2, 0.25) is 5.02 Å². The van der Waals surface area contributed by atoms with Crippen molar-refractivity contribution in [1.29, 1.82) is 0 Å². The fraction of sp³-hybridized carbons (Fsp3) is 0.357. The number of fused-ring (bicyclic) bond motifs is 2. The molecule has 3 aliphatic heterocycles. The molecule has 0 aliphatic carbocycles. The molecule has 2 fully saturated rings. The lowest BCUT2D eigenvalue weighted by molar-refractivity contribution is -0.136. The van der Waals surface area contributed by atoms with Gasteiger partial charge in [0.2, 0.25) is 11.8 Å². The highest BCUT2D eigenvalue weighted by Gasteiger charge is 2.39. The van der Waals surface area contributed by atoms with Gasteiger partial charge < -0.3 is 14.8 Å². The van der Waals surface area contributed by atoms with Crippen molar-refractivity contribution in [2.24, 2.45) is 0 Å². The summed E-state index contributed by atoms with van der Waals surface area (Å²) in [6.07, 6.45) is 2.24. The monoisotopic (exact) mass is 518 g/mol. The van der Waals surface area contributed by atoms with Crippen LogP contribution in [0.4, 0.5) is 0 Å². The van der Waals surface area contributed by atoms with Crippen molar-refractivity contribution < 1.29 is 19.2 Å². The number of likely N-dealkylation sites (tertiary alicyclic amines) is 1. The third kappa shape index (κ3) is 4.19. The number of hydrogen-bond acceptors (Lipinski definition) is 4. The zero-order valence-corrected chi connectivity index (χ0v) is 21.2.